The lowest BCUT2D eigenvalue weighted by molar-refractivity contribution is 0.397. The van der Waals surface area contributed by atoms with E-state index >= 15 is 0 Å². The molecule has 0 aliphatic carbocycles. The SMILES string of the molecule is CCCC1CCCN(S(=O)(=O)C(C)CCl)CC1. The minimum Gasteiger partial charge on any atom is -0.212 e. The number of rotatable bonds is 5. The molecule has 1 rings (SSSR count). The summed E-state index contributed by atoms with van der Waals surface area (Å²) in [5.74, 6) is 0.878. The van der Waals surface area contributed by atoms with E-state index in [0.29, 0.717) is 19.0 Å². The Morgan fingerprint density at radius 3 is 2.65 bits per heavy atom. The highest BCUT2D eigenvalue weighted by Crippen LogP contribution is 2.24. The van der Waals surface area contributed by atoms with Gasteiger partial charge >= 0.3 is 0 Å². The molecule has 1 aliphatic rings. The second-order valence-corrected chi connectivity index (χ2v) is 7.65. The first-order valence-electron chi connectivity index (χ1n) is 6.57. The molecule has 1 aliphatic heterocycles. The zero-order chi connectivity index (χ0) is 12.9. The van der Waals surface area contributed by atoms with Gasteiger partial charge in [-0.25, -0.2) is 12.7 Å². The molecule has 3 nitrogen and oxygen atoms in total. The van der Waals surface area contributed by atoms with E-state index < -0.39 is 15.3 Å². The Kier molecular flexibility index (Phi) is 6.24. The first-order valence-corrected chi connectivity index (χ1v) is 8.61. The summed E-state index contributed by atoms with van der Waals surface area (Å²) in [6, 6.07) is 0. The molecule has 2 atom stereocenters. The molecule has 0 saturated carbocycles. The number of halogens is 1. The third-order valence-electron chi connectivity index (χ3n) is 3.59. The van der Waals surface area contributed by atoms with Crippen LogP contribution in [0.1, 0.15) is 46.0 Å². The third-order valence-corrected chi connectivity index (χ3v) is 6.50. The molecule has 0 aromatic carbocycles. The maximum absolute atomic E-state index is 12.2. The van der Waals surface area contributed by atoms with Gasteiger partial charge in [-0.1, -0.05) is 19.8 Å². The van der Waals surface area contributed by atoms with Crippen molar-refractivity contribution in [3.8, 4) is 0 Å². The van der Waals surface area contributed by atoms with Crippen LogP contribution in [0.2, 0.25) is 0 Å². The standard InChI is InChI=1S/C12H24ClNO2S/c1-3-5-12-6-4-8-14(9-7-12)17(15,16)11(2)10-13/h11-12H,3-10H2,1-2H3. The van der Waals surface area contributed by atoms with Crippen LogP contribution < -0.4 is 0 Å². The van der Waals surface area contributed by atoms with Crippen LogP contribution in [0.5, 0.6) is 0 Å². The quantitative estimate of drug-likeness (QED) is 0.727. The molecule has 0 N–H and O–H groups in total. The van der Waals surface area contributed by atoms with Crippen molar-refractivity contribution in [1.29, 1.82) is 0 Å². The van der Waals surface area contributed by atoms with Gasteiger partial charge in [-0.3, -0.25) is 0 Å². The Morgan fingerprint density at radius 1 is 1.35 bits per heavy atom. The minimum absolute atomic E-state index is 0.178. The predicted molar refractivity (Wildman–Crippen MR) is 72.9 cm³/mol. The average molecular weight is 282 g/mol. The van der Waals surface area contributed by atoms with Gasteiger partial charge in [-0.05, 0) is 32.1 Å². The van der Waals surface area contributed by atoms with Gasteiger partial charge < -0.3 is 0 Å². The summed E-state index contributed by atoms with van der Waals surface area (Å²) in [5, 5.41) is -0.466. The van der Waals surface area contributed by atoms with E-state index in [0.717, 1.165) is 19.3 Å². The number of sulfonamides is 1. The second kappa shape index (κ2) is 6.95. The summed E-state index contributed by atoms with van der Waals surface area (Å²) in [5.41, 5.74) is 0. The zero-order valence-corrected chi connectivity index (χ0v) is 12.4. The van der Waals surface area contributed by atoms with Gasteiger partial charge in [0.05, 0.1) is 5.25 Å². The van der Waals surface area contributed by atoms with Crippen molar-refractivity contribution in [2.75, 3.05) is 19.0 Å². The van der Waals surface area contributed by atoms with Gasteiger partial charge in [-0.15, -0.1) is 11.6 Å². The lowest BCUT2D eigenvalue weighted by atomic mass is 9.96. The van der Waals surface area contributed by atoms with Gasteiger partial charge in [0, 0.05) is 19.0 Å². The van der Waals surface area contributed by atoms with Crippen molar-refractivity contribution in [3.05, 3.63) is 0 Å². The van der Waals surface area contributed by atoms with Crippen LogP contribution in [-0.2, 0) is 10.0 Å². The van der Waals surface area contributed by atoms with Gasteiger partial charge in [0.25, 0.3) is 0 Å². The number of hydrogen-bond donors (Lipinski definition) is 0. The van der Waals surface area contributed by atoms with Gasteiger partial charge in [-0.2, -0.15) is 0 Å². The van der Waals surface area contributed by atoms with Crippen molar-refractivity contribution in [3.63, 3.8) is 0 Å². The first-order chi connectivity index (χ1) is 8.02. The topological polar surface area (TPSA) is 37.4 Å². The summed E-state index contributed by atoms with van der Waals surface area (Å²) in [7, 11) is -3.17. The smallest absolute Gasteiger partial charge is 0.212 e. The highest BCUT2D eigenvalue weighted by Gasteiger charge is 2.29. The Hall–Kier alpha value is 0.200. The summed E-state index contributed by atoms with van der Waals surface area (Å²) in [6.45, 7) is 5.23. The molecule has 1 fully saturated rings. The second-order valence-electron chi connectivity index (χ2n) is 4.99. The van der Waals surface area contributed by atoms with E-state index in [9.17, 15) is 8.42 Å². The number of hydrogen-bond acceptors (Lipinski definition) is 2. The van der Waals surface area contributed by atoms with Crippen LogP contribution in [0.4, 0.5) is 0 Å². The fourth-order valence-corrected chi connectivity index (χ4v) is 4.31. The van der Waals surface area contributed by atoms with E-state index in [4.69, 9.17) is 11.6 Å². The molecule has 0 aromatic heterocycles. The molecule has 5 heteroatoms. The van der Waals surface area contributed by atoms with Crippen LogP contribution in [-0.4, -0.2) is 36.9 Å². The lowest BCUT2D eigenvalue weighted by Crippen LogP contribution is -2.39. The molecule has 17 heavy (non-hydrogen) atoms. The van der Waals surface area contributed by atoms with Crippen molar-refractivity contribution in [1.82, 2.24) is 4.31 Å². The van der Waals surface area contributed by atoms with Crippen LogP contribution in [0.15, 0.2) is 0 Å². The molecule has 1 saturated heterocycles. The minimum atomic E-state index is -3.17. The predicted octanol–water partition coefficient (Wildman–Crippen LogP) is 2.85. The maximum atomic E-state index is 12.2. The van der Waals surface area contributed by atoms with Crippen LogP contribution in [0.3, 0.4) is 0 Å². The molecular formula is C12H24ClNO2S. The summed E-state index contributed by atoms with van der Waals surface area (Å²) < 4.78 is 26.0. The largest absolute Gasteiger partial charge is 0.217 e. The Morgan fingerprint density at radius 2 is 2.06 bits per heavy atom. The molecule has 102 valence electrons. The summed E-state index contributed by atoms with van der Waals surface area (Å²) >= 11 is 5.67. The highest BCUT2D eigenvalue weighted by atomic mass is 35.5. The number of nitrogens with zero attached hydrogens (tertiary/aromatic N) is 1. The molecule has 0 spiro atoms. The van der Waals surface area contributed by atoms with Crippen molar-refractivity contribution < 1.29 is 8.42 Å². The molecule has 0 amide bonds. The Balaban J connectivity index is 2.62. The molecule has 0 radical (unpaired) electrons. The third kappa shape index (κ3) is 4.11. The van der Waals surface area contributed by atoms with E-state index in [1.807, 2.05) is 0 Å². The van der Waals surface area contributed by atoms with Gasteiger partial charge in [0.1, 0.15) is 0 Å². The first kappa shape index (κ1) is 15.3. The fourth-order valence-electron chi connectivity index (χ4n) is 2.42. The van der Waals surface area contributed by atoms with Crippen molar-refractivity contribution in [2.24, 2.45) is 5.92 Å². The van der Waals surface area contributed by atoms with E-state index in [1.165, 1.54) is 12.8 Å². The molecule has 2 unspecified atom stereocenters. The summed E-state index contributed by atoms with van der Waals surface area (Å²) in [4.78, 5) is 0. The number of alkyl halides is 1. The highest BCUT2D eigenvalue weighted by molar-refractivity contribution is 7.89. The monoisotopic (exact) mass is 281 g/mol. The van der Waals surface area contributed by atoms with E-state index in [1.54, 1.807) is 11.2 Å². The summed E-state index contributed by atoms with van der Waals surface area (Å²) in [6.07, 6.45) is 5.56. The molecule has 0 aromatic rings. The van der Waals surface area contributed by atoms with Crippen LogP contribution >= 0.6 is 11.6 Å². The van der Waals surface area contributed by atoms with Gasteiger partial charge in [0.2, 0.25) is 10.0 Å². The Bertz CT molecular complexity index is 318. The van der Waals surface area contributed by atoms with Crippen LogP contribution in [0.25, 0.3) is 0 Å². The van der Waals surface area contributed by atoms with E-state index in [2.05, 4.69) is 6.92 Å². The lowest BCUT2D eigenvalue weighted by Gasteiger charge is -2.23. The molecule has 1 heterocycles. The van der Waals surface area contributed by atoms with Crippen LogP contribution in [0, 0.1) is 5.92 Å². The fraction of sp³-hybridized carbons (Fsp3) is 1.00. The van der Waals surface area contributed by atoms with Crippen molar-refractivity contribution >= 4 is 21.6 Å². The average Bonchev–Trinajstić information content (AvgIpc) is 2.54. The zero-order valence-electron chi connectivity index (χ0n) is 10.9. The maximum Gasteiger partial charge on any atom is 0.217 e. The van der Waals surface area contributed by atoms with Crippen molar-refractivity contribution in [2.45, 2.75) is 51.2 Å². The van der Waals surface area contributed by atoms with E-state index in [-0.39, 0.29) is 5.88 Å². The molecule has 0 bridgehead atoms. The van der Waals surface area contributed by atoms with Gasteiger partial charge in [0.15, 0.2) is 0 Å². The normalized spacial score (nSPS) is 25.5. The molecular weight excluding hydrogens is 258 g/mol. The Labute approximate surface area is 111 Å².